The number of hydrogen-bond acceptors (Lipinski definition) is 5. The molecule has 2 atom stereocenters. The standard InChI is InChI=1S/C22H26ClN3O3S/c1-14-11-16-12-17(4-3-15(16)7-9-26(14)2)24-21(28)22(8-10-29-13-22)25-20(27)18-5-6-19(23)30-18/h3-6,12,14H,7-11,13H2,1-2H3,(H,24,28)(H,25,27)/t14-,22?/m1/s1. The molecule has 0 spiro atoms. The Labute approximate surface area is 185 Å². The van der Waals surface area contributed by atoms with E-state index in [-0.39, 0.29) is 18.4 Å². The van der Waals surface area contributed by atoms with Crippen molar-refractivity contribution in [3.05, 3.63) is 50.7 Å². The van der Waals surface area contributed by atoms with Gasteiger partial charge in [0.1, 0.15) is 5.54 Å². The van der Waals surface area contributed by atoms with Crippen LogP contribution in [0.15, 0.2) is 30.3 Å². The molecule has 1 unspecified atom stereocenters. The van der Waals surface area contributed by atoms with Gasteiger partial charge in [-0.25, -0.2) is 0 Å². The van der Waals surface area contributed by atoms with Crippen LogP contribution in [0.5, 0.6) is 0 Å². The average molecular weight is 448 g/mol. The molecule has 1 fully saturated rings. The van der Waals surface area contributed by atoms with Crippen LogP contribution in [-0.4, -0.2) is 55.1 Å². The van der Waals surface area contributed by atoms with Crippen molar-refractivity contribution in [2.75, 3.05) is 32.1 Å². The normalized spacial score (nSPS) is 24.2. The van der Waals surface area contributed by atoms with Gasteiger partial charge in [0.05, 0.1) is 15.8 Å². The molecule has 1 saturated heterocycles. The molecule has 0 aliphatic carbocycles. The fourth-order valence-corrected chi connectivity index (χ4v) is 4.93. The Balaban J connectivity index is 1.51. The highest BCUT2D eigenvalue weighted by Crippen LogP contribution is 2.27. The van der Waals surface area contributed by atoms with E-state index in [1.807, 2.05) is 6.07 Å². The predicted molar refractivity (Wildman–Crippen MR) is 120 cm³/mol. The Hall–Kier alpha value is -1.93. The summed E-state index contributed by atoms with van der Waals surface area (Å²) in [5, 5.41) is 5.91. The number of carbonyl (C=O) groups excluding carboxylic acids is 2. The van der Waals surface area contributed by atoms with Crippen LogP contribution in [0, 0.1) is 0 Å². The number of fused-ring (bicyclic) bond motifs is 1. The number of halogens is 1. The molecule has 1 aromatic heterocycles. The highest BCUT2D eigenvalue weighted by atomic mass is 35.5. The number of nitrogens with zero attached hydrogens (tertiary/aromatic N) is 1. The van der Waals surface area contributed by atoms with Gasteiger partial charge in [-0.2, -0.15) is 0 Å². The Kier molecular flexibility index (Phi) is 6.16. The molecule has 2 N–H and O–H groups in total. The minimum Gasteiger partial charge on any atom is -0.378 e. The summed E-state index contributed by atoms with van der Waals surface area (Å²) in [6.07, 6.45) is 2.37. The maximum Gasteiger partial charge on any atom is 0.262 e. The second-order valence-electron chi connectivity index (χ2n) is 8.16. The number of anilines is 1. The van der Waals surface area contributed by atoms with Crippen LogP contribution in [0.2, 0.25) is 4.34 Å². The third kappa shape index (κ3) is 4.39. The number of nitrogens with one attached hydrogen (secondary N) is 2. The third-order valence-electron chi connectivity index (χ3n) is 6.07. The quantitative estimate of drug-likeness (QED) is 0.754. The average Bonchev–Trinajstić information content (AvgIpc) is 3.34. The molecule has 8 heteroatoms. The number of ether oxygens (including phenoxy) is 1. The zero-order valence-corrected chi connectivity index (χ0v) is 18.7. The van der Waals surface area contributed by atoms with Gasteiger partial charge in [0.2, 0.25) is 0 Å². The lowest BCUT2D eigenvalue weighted by Gasteiger charge is -2.27. The van der Waals surface area contributed by atoms with Crippen LogP contribution in [0.25, 0.3) is 0 Å². The van der Waals surface area contributed by atoms with Crippen LogP contribution in [0.1, 0.15) is 34.1 Å². The molecular formula is C22H26ClN3O3S. The molecule has 2 aromatic rings. The Bertz CT molecular complexity index is 955. The third-order valence-corrected chi connectivity index (χ3v) is 7.30. The molecule has 30 heavy (non-hydrogen) atoms. The molecule has 6 nitrogen and oxygen atoms in total. The lowest BCUT2D eigenvalue weighted by Crippen LogP contribution is -2.57. The van der Waals surface area contributed by atoms with E-state index in [0.29, 0.717) is 28.3 Å². The summed E-state index contributed by atoms with van der Waals surface area (Å²) < 4.78 is 6.02. The summed E-state index contributed by atoms with van der Waals surface area (Å²) in [4.78, 5) is 28.7. The number of amides is 2. The number of likely N-dealkylation sites (N-methyl/N-ethyl adjacent to an activating group) is 1. The van der Waals surface area contributed by atoms with Crippen molar-refractivity contribution in [2.24, 2.45) is 0 Å². The smallest absolute Gasteiger partial charge is 0.262 e. The van der Waals surface area contributed by atoms with Gasteiger partial charge in [-0.1, -0.05) is 17.7 Å². The number of hydrogen-bond donors (Lipinski definition) is 2. The molecule has 2 aliphatic heterocycles. The van der Waals surface area contributed by atoms with Crippen molar-refractivity contribution in [2.45, 2.75) is 37.8 Å². The maximum absolute atomic E-state index is 13.2. The van der Waals surface area contributed by atoms with E-state index in [2.05, 4.69) is 41.6 Å². The van der Waals surface area contributed by atoms with Crippen LogP contribution >= 0.6 is 22.9 Å². The lowest BCUT2D eigenvalue weighted by molar-refractivity contribution is -0.122. The summed E-state index contributed by atoms with van der Waals surface area (Å²) in [6.45, 7) is 3.82. The van der Waals surface area contributed by atoms with Crippen LogP contribution in [-0.2, 0) is 22.4 Å². The summed E-state index contributed by atoms with van der Waals surface area (Å²) >= 11 is 7.13. The highest BCUT2D eigenvalue weighted by Gasteiger charge is 2.44. The summed E-state index contributed by atoms with van der Waals surface area (Å²) in [7, 11) is 2.15. The van der Waals surface area contributed by atoms with Gasteiger partial charge in [-0.3, -0.25) is 9.59 Å². The zero-order chi connectivity index (χ0) is 21.3. The maximum atomic E-state index is 13.2. The first kappa shape index (κ1) is 21.3. The van der Waals surface area contributed by atoms with E-state index in [1.54, 1.807) is 12.1 Å². The first-order valence-corrected chi connectivity index (χ1v) is 11.3. The minimum absolute atomic E-state index is 0.149. The summed E-state index contributed by atoms with van der Waals surface area (Å²) in [5.74, 6) is -0.568. The number of benzene rings is 1. The second-order valence-corrected chi connectivity index (χ2v) is 9.88. The topological polar surface area (TPSA) is 70.7 Å². The zero-order valence-electron chi connectivity index (χ0n) is 17.2. The molecule has 2 aliphatic rings. The van der Waals surface area contributed by atoms with Crippen LogP contribution in [0.4, 0.5) is 5.69 Å². The SMILES string of the molecule is C[C@@H]1Cc2cc(NC(=O)C3(NC(=O)c4ccc(Cl)s4)CCOC3)ccc2CCN1C. The van der Waals surface area contributed by atoms with Crippen molar-refractivity contribution in [1.29, 1.82) is 0 Å². The van der Waals surface area contributed by atoms with E-state index in [0.717, 1.165) is 25.1 Å². The lowest BCUT2D eigenvalue weighted by atomic mass is 9.96. The molecule has 0 bridgehead atoms. The van der Waals surface area contributed by atoms with E-state index >= 15 is 0 Å². The molecule has 3 heterocycles. The molecular weight excluding hydrogens is 422 g/mol. The van der Waals surface area contributed by atoms with Gasteiger partial charge in [0.15, 0.2) is 0 Å². The first-order chi connectivity index (χ1) is 14.4. The fourth-order valence-electron chi connectivity index (χ4n) is 3.99. The molecule has 160 valence electrons. The first-order valence-electron chi connectivity index (χ1n) is 10.2. The van der Waals surface area contributed by atoms with E-state index in [4.69, 9.17) is 16.3 Å². The summed E-state index contributed by atoms with van der Waals surface area (Å²) in [6, 6.07) is 9.89. The van der Waals surface area contributed by atoms with Gasteiger partial charge in [0, 0.05) is 31.3 Å². The number of carbonyl (C=O) groups is 2. The van der Waals surface area contributed by atoms with Crippen LogP contribution < -0.4 is 10.6 Å². The highest BCUT2D eigenvalue weighted by molar-refractivity contribution is 7.18. The van der Waals surface area contributed by atoms with Crippen LogP contribution in [0.3, 0.4) is 0 Å². The van der Waals surface area contributed by atoms with Gasteiger partial charge < -0.3 is 20.3 Å². The molecule has 2 amide bonds. The van der Waals surface area contributed by atoms with Crippen molar-refractivity contribution in [3.8, 4) is 0 Å². The Morgan fingerprint density at radius 2 is 2.10 bits per heavy atom. The molecule has 0 saturated carbocycles. The second kappa shape index (κ2) is 8.67. The fraction of sp³-hybridized carbons (Fsp3) is 0.455. The largest absolute Gasteiger partial charge is 0.378 e. The molecule has 4 rings (SSSR count). The van der Waals surface area contributed by atoms with Gasteiger partial charge in [-0.15, -0.1) is 11.3 Å². The summed E-state index contributed by atoms with van der Waals surface area (Å²) in [5.41, 5.74) is 2.24. The molecule has 1 aromatic carbocycles. The van der Waals surface area contributed by atoms with Gasteiger partial charge >= 0.3 is 0 Å². The van der Waals surface area contributed by atoms with Gasteiger partial charge in [0.25, 0.3) is 11.8 Å². The van der Waals surface area contributed by atoms with Crippen molar-refractivity contribution >= 4 is 40.4 Å². The van der Waals surface area contributed by atoms with Crippen molar-refractivity contribution in [3.63, 3.8) is 0 Å². The number of rotatable bonds is 4. The predicted octanol–water partition coefficient (Wildman–Crippen LogP) is 3.35. The van der Waals surface area contributed by atoms with E-state index < -0.39 is 5.54 Å². The van der Waals surface area contributed by atoms with Gasteiger partial charge in [-0.05, 0) is 62.2 Å². The molecule has 0 radical (unpaired) electrons. The minimum atomic E-state index is -1.09. The Morgan fingerprint density at radius 3 is 2.80 bits per heavy atom. The van der Waals surface area contributed by atoms with E-state index in [9.17, 15) is 9.59 Å². The Morgan fingerprint density at radius 1 is 1.27 bits per heavy atom. The number of thiophene rings is 1. The van der Waals surface area contributed by atoms with Crippen molar-refractivity contribution in [1.82, 2.24) is 10.2 Å². The van der Waals surface area contributed by atoms with E-state index in [1.165, 1.54) is 22.5 Å². The monoisotopic (exact) mass is 447 g/mol. The van der Waals surface area contributed by atoms with Crippen molar-refractivity contribution < 1.29 is 14.3 Å².